The Hall–Kier alpha value is -2.83. The molecule has 2 rings (SSSR count). The number of aromatic nitrogens is 2. The molecular weight excluding hydrogens is 424 g/mol. The van der Waals surface area contributed by atoms with Gasteiger partial charge in [-0.3, -0.25) is 19.5 Å². The van der Waals surface area contributed by atoms with E-state index in [1.54, 1.807) is 0 Å². The number of nitrogens with zero attached hydrogens (tertiary/aromatic N) is 3. The molecule has 0 aliphatic carbocycles. The van der Waals surface area contributed by atoms with Crippen molar-refractivity contribution < 1.29 is 36.0 Å². The fourth-order valence-electron chi connectivity index (χ4n) is 2.20. The first-order chi connectivity index (χ1) is 12.8. The molecule has 14 heteroatoms. The van der Waals surface area contributed by atoms with Crippen molar-refractivity contribution in [3.8, 4) is 11.4 Å². The number of rotatable bonds is 4. The van der Waals surface area contributed by atoms with Crippen LogP contribution in [0.4, 0.5) is 32.0 Å². The Morgan fingerprint density at radius 2 is 1.82 bits per heavy atom. The standard InChI is InChI=1S/C14H8ClF6N3O4/c1-2-28-10-11(14(19,20)21)22-5-23(12(10)25)9-7(15)3-6(13(16,17)18)4-8(9)24(26)27/h3-5H,2H2,1H3. The normalized spacial score (nSPS) is 12.1. The average molecular weight is 432 g/mol. The monoisotopic (exact) mass is 431 g/mol. The molecule has 0 unspecified atom stereocenters. The van der Waals surface area contributed by atoms with Gasteiger partial charge in [0.1, 0.15) is 12.0 Å². The molecule has 1 aromatic heterocycles. The molecule has 0 aliphatic heterocycles. The molecule has 7 nitrogen and oxygen atoms in total. The zero-order valence-electron chi connectivity index (χ0n) is 13.6. The smallest absolute Gasteiger partial charge is 0.437 e. The molecule has 0 radical (unpaired) electrons. The number of halogens is 7. The van der Waals surface area contributed by atoms with Gasteiger partial charge >= 0.3 is 17.9 Å². The number of nitro groups is 1. The van der Waals surface area contributed by atoms with Crippen molar-refractivity contribution in [3.63, 3.8) is 0 Å². The molecule has 0 atom stereocenters. The Labute approximate surface area is 156 Å². The van der Waals surface area contributed by atoms with Crippen LogP contribution >= 0.6 is 11.6 Å². The third-order valence-corrected chi connectivity index (χ3v) is 3.58. The minimum Gasteiger partial charge on any atom is -0.487 e. The molecule has 0 bridgehead atoms. The van der Waals surface area contributed by atoms with E-state index in [0.29, 0.717) is 6.07 Å². The first kappa shape index (κ1) is 21.5. The van der Waals surface area contributed by atoms with Crippen LogP contribution in [-0.4, -0.2) is 21.1 Å². The van der Waals surface area contributed by atoms with Crippen molar-refractivity contribution in [3.05, 3.63) is 55.2 Å². The van der Waals surface area contributed by atoms with Crippen LogP contribution in [0.3, 0.4) is 0 Å². The number of hydrogen-bond acceptors (Lipinski definition) is 5. The highest BCUT2D eigenvalue weighted by Gasteiger charge is 2.40. The number of ether oxygens (including phenoxy) is 1. The Kier molecular flexibility index (Phi) is 5.59. The fraction of sp³-hybridized carbons (Fsp3) is 0.286. The van der Waals surface area contributed by atoms with Gasteiger partial charge in [-0.25, -0.2) is 4.98 Å². The predicted octanol–water partition coefficient (Wildman–Crippen LogP) is 4.23. The molecule has 0 spiro atoms. The quantitative estimate of drug-likeness (QED) is 0.411. The fourth-order valence-corrected chi connectivity index (χ4v) is 2.50. The van der Waals surface area contributed by atoms with Crippen LogP contribution in [0.5, 0.6) is 5.75 Å². The van der Waals surface area contributed by atoms with E-state index >= 15 is 0 Å². The second-order valence-corrected chi connectivity index (χ2v) is 5.52. The van der Waals surface area contributed by atoms with Crippen LogP contribution in [0.2, 0.25) is 5.02 Å². The van der Waals surface area contributed by atoms with E-state index in [0.717, 1.165) is 0 Å². The van der Waals surface area contributed by atoms with Crippen LogP contribution < -0.4 is 10.3 Å². The lowest BCUT2D eigenvalue weighted by Gasteiger charge is -2.15. The van der Waals surface area contributed by atoms with E-state index in [4.69, 9.17) is 11.6 Å². The van der Waals surface area contributed by atoms with Gasteiger partial charge in [0.05, 0.1) is 22.1 Å². The van der Waals surface area contributed by atoms with Crippen molar-refractivity contribution in [2.75, 3.05) is 6.61 Å². The molecule has 0 N–H and O–H groups in total. The summed E-state index contributed by atoms with van der Waals surface area (Å²) in [5.41, 5.74) is -6.85. The topological polar surface area (TPSA) is 87.3 Å². The molecule has 152 valence electrons. The molecule has 0 fully saturated rings. The third-order valence-electron chi connectivity index (χ3n) is 3.30. The van der Waals surface area contributed by atoms with Crippen molar-refractivity contribution in [2.45, 2.75) is 19.3 Å². The molecule has 0 saturated carbocycles. The average Bonchev–Trinajstić information content (AvgIpc) is 2.54. The molecular formula is C14H8ClF6N3O4. The lowest BCUT2D eigenvalue weighted by Crippen LogP contribution is -2.27. The molecule has 28 heavy (non-hydrogen) atoms. The minimum atomic E-state index is -5.08. The van der Waals surface area contributed by atoms with Gasteiger partial charge in [-0.15, -0.1) is 0 Å². The van der Waals surface area contributed by atoms with E-state index in [1.807, 2.05) is 0 Å². The first-order valence-electron chi connectivity index (χ1n) is 7.16. The molecule has 1 aromatic carbocycles. The van der Waals surface area contributed by atoms with Crippen molar-refractivity contribution in [1.82, 2.24) is 9.55 Å². The number of alkyl halides is 6. The molecule has 2 aromatic rings. The Morgan fingerprint density at radius 1 is 1.21 bits per heavy atom. The number of benzene rings is 1. The lowest BCUT2D eigenvalue weighted by atomic mass is 10.1. The van der Waals surface area contributed by atoms with E-state index in [1.165, 1.54) is 6.92 Å². The summed E-state index contributed by atoms with van der Waals surface area (Å²) < 4.78 is 82.5. The van der Waals surface area contributed by atoms with Gasteiger partial charge in [0.15, 0.2) is 5.69 Å². The van der Waals surface area contributed by atoms with Gasteiger partial charge < -0.3 is 4.74 Å². The van der Waals surface area contributed by atoms with E-state index < -0.39 is 56.2 Å². The number of hydrogen-bond donors (Lipinski definition) is 0. The Morgan fingerprint density at radius 3 is 2.29 bits per heavy atom. The van der Waals surface area contributed by atoms with E-state index in [2.05, 4.69) is 9.72 Å². The Balaban J connectivity index is 2.87. The van der Waals surface area contributed by atoms with Gasteiger partial charge in [-0.1, -0.05) is 11.6 Å². The van der Waals surface area contributed by atoms with E-state index in [9.17, 15) is 41.3 Å². The van der Waals surface area contributed by atoms with Gasteiger partial charge in [-0.05, 0) is 13.0 Å². The zero-order valence-corrected chi connectivity index (χ0v) is 14.3. The summed E-state index contributed by atoms with van der Waals surface area (Å²) in [5, 5.41) is 10.3. The van der Waals surface area contributed by atoms with Crippen LogP contribution in [-0.2, 0) is 12.4 Å². The van der Waals surface area contributed by atoms with E-state index in [-0.39, 0.29) is 23.6 Å². The maximum absolute atomic E-state index is 13.0. The second kappa shape index (κ2) is 7.30. The maximum atomic E-state index is 13.0. The second-order valence-electron chi connectivity index (χ2n) is 5.11. The van der Waals surface area contributed by atoms with Crippen molar-refractivity contribution in [2.24, 2.45) is 0 Å². The van der Waals surface area contributed by atoms with Crippen molar-refractivity contribution in [1.29, 1.82) is 0 Å². The largest absolute Gasteiger partial charge is 0.487 e. The first-order valence-corrected chi connectivity index (χ1v) is 7.54. The van der Waals surface area contributed by atoms with Gasteiger partial charge in [0, 0.05) is 6.07 Å². The molecule has 1 heterocycles. The van der Waals surface area contributed by atoms with Crippen LogP contribution in [0.1, 0.15) is 18.2 Å². The lowest BCUT2D eigenvalue weighted by molar-refractivity contribution is -0.384. The highest BCUT2D eigenvalue weighted by molar-refractivity contribution is 6.33. The van der Waals surface area contributed by atoms with Crippen molar-refractivity contribution >= 4 is 17.3 Å². The van der Waals surface area contributed by atoms with Gasteiger partial charge in [0.25, 0.3) is 5.69 Å². The third kappa shape index (κ3) is 4.03. The summed E-state index contributed by atoms with van der Waals surface area (Å²) in [5.74, 6) is -1.28. The zero-order chi connectivity index (χ0) is 21.4. The van der Waals surface area contributed by atoms with Crippen LogP contribution in [0.25, 0.3) is 5.69 Å². The van der Waals surface area contributed by atoms with Gasteiger partial charge in [-0.2, -0.15) is 26.3 Å². The highest BCUT2D eigenvalue weighted by atomic mass is 35.5. The molecule has 0 amide bonds. The maximum Gasteiger partial charge on any atom is 0.437 e. The summed E-state index contributed by atoms with van der Waals surface area (Å²) in [6.07, 6.45) is -9.81. The van der Waals surface area contributed by atoms with Gasteiger partial charge in [0.2, 0.25) is 5.75 Å². The predicted molar refractivity (Wildman–Crippen MR) is 82.7 cm³/mol. The summed E-state index contributed by atoms with van der Waals surface area (Å²) in [7, 11) is 0. The summed E-state index contributed by atoms with van der Waals surface area (Å²) in [4.78, 5) is 25.4. The SMILES string of the molecule is CCOc1c(C(F)(F)F)ncn(-c2c(Cl)cc(C(F)(F)F)cc2[N+](=O)[O-])c1=O. The highest BCUT2D eigenvalue weighted by Crippen LogP contribution is 2.39. The van der Waals surface area contributed by atoms with Crippen LogP contribution in [0.15, 0.2) is 23.3 Å². The summed E-state index contributed by atoms with van der Waals surface area (Å²) in [6, 6.07) is 0.403. The molecule has 0 saturated heterocycles. The summed E-state index contributed by atoms with van der Waals surface area (Å²) >= 11 is 5.70. The Bertz CT molecular complexity index is 987. The molecule has 0 aliphatic rings. The number of nitro benzene ring substituents is 1. The van der Waals surface area contributed by atoms with Crippen LogP contribution in [0, 0.1) is 10.1 Å². The minimum absolute atomic E-state index is 0.103. The summed E-state index contributed by atoms with van der Waals surface area (Å²) in [6.45, 7) is 0.886.